The molecule has 0 aliphatic rings. The van der Waals surface area contributed by atoms with Crippen molar-refractivity contribution in [3.05, 3.63) is 41.9 Å². The molecule has 0 aliphatic carbocycles. The highest BCUT2D eigenvalue weighted by Crippen LogP contribution is 2.28. The van der Waals surface area contributed by atoms with Gasteiger partial charge in [-0.05, 0) is 38.1 Å². The lowest BCUT2D eigenvalue weighted by Gasteiger charge is -1.98. The number of oxazole rings is 1. The summed E-state index contributed by atoms with van der Waals surface area (Å²) in [6.45, 7) is 6.13. The predicted molar refractivity (Wildman–Crippen MR) is 83.3 cm³/mol. The largest absolute Gasteiger partial charge is 0.453 e. The first-order valence-electron chi connectivity index (χ1n) is 7.42. The molecule has 0 fully saturated rings. The average Bonchev–Trinajstić information content (AvgIpc) is 3.09. The normalized spacial score (nSPS) is 11.3. The zero-order valence-electron chi connectivity index (χ0n) is 12.5. The van der Waals surface area contributed by atoms with Crippen LogP contribution in [0, 0.1) is 6.92 Å². The van der Waals surface area contributed by atoms with Gasteiger partial charge in [0.2, 0.25) is 0 Å². The number of nitrogens with zero attached hydrogens (tertiary/aromatic N) is 1. The molecule has 4 heteroatoms. The number of rotatable bonds is 6. The van der Waals surface area contributed by atoms with E-state index in [2.05, 4.69) is 30.2 Å². The molecule has 0 spiro atoms. The van der Waals surface area contributed by atoms with Crippen LogP contribution in [-0.4, -0.2) is 18.1 Å². The van der Waals surface area contributed by atoms with Crippen LogP contribution >= 0.6 is 0 Å². The van der Waals surface area contributed by atoms with E-state index in [-0.39, 0.29) is 0 Å². The molecule has 0 aliphatic heterocycles. The third-order valence-corrected chi connectivity index (χ3v) is 3.41. The molecule has 3 rings (SSSR count). The Kier molecular flexibility index (Phi) is 4.06. The number of nitrogens with one attached hydrogen (secondary N) is 1. The van der Waals surface area contributed by atoms with E-state index in [9.17, 15) is 0 Å². The van der Waals surface area contributed by atoms with E-state index >= 15 is 0 Å². The number of benzene rings is 1. The summed E-state index contributed by atoms with van der Waals surface area (Å²) in [5.74, 6) is 2.16. The van der Waals surface area contributed by atoms with Crippen LogP contribution in [0.1, 0.15) is 24.8 Å². The summed E-state index contributed by atoms with van der Waals surface area (Å²) >= 11 is 0. The summed E-state index contributed by atoms with van der Waals surface area (Å²) < 4.78 is 11.6. The molecule has 3 aromatic rings. The molecular formula is C17H20N2O2. The molecule has 0 saturated heterocycles. The predicted octanol–water partition coefficient (Wildman–Crippen LogP) is 3.94. The van der Waals surface area contributed by atoms with Crippen molar-refractivity contribution in [2.24, 2.45) is 0 Å². The topological polar surface area (TPSA) is 51.2 Å². The molecule has 0 unspecified atom stereocenters. The Labute approximate surface area is 124 Å². The van der Waals surface area contributed by atoms with Crippen LogP contribution in [-0.2, 0) is 6.42 Å². The fraction of sp³-hybridized carbons (Fsp3) is 0.353. The first-order valence-corrected chi connectivity index (χ1v) is 7.42. The summed E-state index contributed by atoms with van der Waals surface area (Å²) in [5, 5.41) is 4.43. The van der Waals surface area contributed by atoms with Gasteiger partial charge >= 0.3 is 0 Å². The number of fused-ring (bicyclic) bond motifs is 1. The molecular weight excluding hydrogens is 264 g/mol. The van der Waals surface area contributed by atoms with Gasteiger partial charge < -0.3 is 14.2 Å². The second-order valence-corrected chi connectivity index (χ2v) is 5.27. The Bertz CT molecular complexity index is 727. The minimum atomic E-state index is 0.689. The van der Waals surface area contributed by atoms with Crippen LogP contribution in [0.2, 0.25) is 0 Å². The van der Waals surface area contributed by atoms with Gasteiger partial charge in [0.15, 0.2) is 17.4 Å². The Morgan fingerprint density at radius 2 is 2.00 bits per heavy atom. The van der Waals surface area contributed by atoms with E-state index in [0.717, 1.165) is 48.6 Å². The van der Waals surface area contributed by atoms with E-state index in [1.54, 1.807) is 6.20 Å². The van der Waals surface area contributed by atoms with Crippen LogP contribution in [0.15, 0.2) is 39.3 Å². The van der Waals surface area contributed by atoms with Gasteiger partial charge in [0.1, 0.15) is 5.58 Å². The molecule has 110 valence electrons. The summed E-state index contributed by atoms with van der Waals surface area (Å²) in [5.41, 5.74) is 2.09. The van der Waals surface area contributed by atoms with Gasteiger partial charge in [0.05, 0.1) is 6.20 Å². The number of aromatic nitrogens is 1. The second-order valence-electron chi connectivity index (χ2n) is 5.27. The maximum absolute atomic E-state index is 5.82. The fourth-order valence-electron chi connectivity index (χ4n) is 2.32. The van der Waals surface area contributed by atoms with Gasteiger partial charge in [-0.3, -0.25) is 0 Å². The van der Waals surface area contributed by atoms with Gasteiger partial charge in [-0.15, -0.1) is 0 Å². The second kappa shape index (κ2) is 6.14. The van der Waals surface area contributed by atoms with E-state index in [4.69, 9.17) is 8.83 Å². The molecule has 4 nitrogen and oxygen atoms in total. The summed E-state index contributed by atoms with van der Waals surface area (Å²) in [7, 11) is 0. The molecule has 0 atom stereocenters. The van der Waals surface area contributed by atoms with Crippen molar-refractivity contribution < 1.29 is 8.83 Å². The van der Waals surface area contributed by atoms with Crippen molar-refractivity contribution in [3.63, 3.8) is 0 Å². The molecule has 1 aromatic carbocycles. The summed E-state index contributed by atoms with van der Waals surface area (Å²) in [6, 6.07) is 8.14. The Morgan fingerprint density at radius 3 is 2.86 bits per heavy atom. The lowest BCUT2D eigenvalue weighted by Crippen LogP contribution is -2.17. The maximum atomic E-state index is 5.82. The van der Waals surface area contributed by atoms with E-state index < -0.39 is 0 Å². The maximum Gasteiger partial charge on any atom is 0.196 e. The molecule has 0 bridgehead atoms. The van der Waals surface area contributed by atoms with Crippen LogP contribution in [0.25, 0.3) is 22.5 Å². The number of hydrogen-bond donors (Lipinski definition) is 1. The Morgan fingerprint density at radius 1 is 1.10 bits per heavy atom. The first kappa shape index (κ1) is 13.9. The SMILES string of the molecule is CCCNCCc1ncc(-c2cc3cc(C)ccc3o2)o1. The van der Waals surface area contributed by atoms with E-state index in [1.807, 2.05) is 18.2 Å². The lowest BCUT2D eigenvalue weighted by molar-refractivity contribution is 0.480. The first-order chi connectivity index (χ1) is 10.3. The van der Waals surface area contributed by atoms with Gasteiger partial charge in [0, 0.05) is 18.4 Å². The highest BCUT2D eigenvalue weighted by Gasteiger charge is 2.11. The molecule has 0 saturated carbocycles. The van der Waals surface area contributed by atoms with Crippen molar-refractivity contribution in [1.82, 2.24) is 10.3 Å². The van der Waals surface area contributed by atoms with Gasteiger partial charge in [-0.25, -0.2) is 4.98 Å². The van der Waals surface area contributed by atoms with Crippen molar-refractivity contribution in [1.29, 1.82) is 0 Å². The van der Waals surface area contributed by atoms with Crippen LogP contribution in [0.5, 0.6) is 0 Å². The molecule has 0 amide bonds. The third-order valence-electron chi connectivity index (χ3n) is 3.41. The molecule has 1 N–H and O–H groups in total. The number of aryl methyl sites for hydroxylation is 1. The smallest absolute Gasteiger partial charge is 0.196 e. The Hall–Kier alpha value is -2.07. The van der Waals surface area contributed by atoms with Crippen LogP contribution < -0.4 is 5.32 Å². The molecule has 21 heavy (non-hydrogen) atoms. The standard InChI is InChI=1S/C17H20N2O2/c1-3-7-18-8-6-17-19-11-16(21-17)15-10-13-9-12(2)4-5-14(13)20-15/h4-5,9-11,18H,3,6-8H2,1-2H3. The molecule has 2 heterocycles. The van der Waals surface area contributed by atoms with Crippen molar-refractivity contribution in [3.8, 4) is 11.5 Å². The van der Waals surface area contributed by atoms with E-state index in [1.165, 1.54) is 5.56 Å². The average molecular weight is 284 g/mol. The van der Waals surface area contributed by atoms with Crippen molar-refractivity contribution in [2.75, 3.05) is 13.1 Å². The van der Waals surface area contributed by atoms with Gasteiger partial charge in [-0.1, -0.05) is 18.6 Å². The minimum absolute atomic E-state index is 0.689. The molecule has 2 aromatic heterocycles. The van der Waals surface area contributed by atoms with Gasteiger partial charge in [0.25, 0.3) is 0 Å². The lowest BCUT2D eigenvalue weighted by atomic mass is 10.2. The summed E-state index contributed by atoms with van der Waals surface area (Å²) in [4.78, 5) is 4.31. The molecule has 0 radical (unpaired) electrons. The monoisotopic (exact) mass is 284 g/mol. The fourth-order valence-corrected chi connectivity index (χ4v) is 2.32. The number of furan rings is 1. The van der Waals surface area contributed by atoms with E-state index in [0.29, 0.717) is 5.76 Å². The highest BCUT2D eigenvalue weighted by atomic mass is 16.4. The number of hydrogen-bond acceptors (Lipinski definition) is 4. The summed E-state index contributed by atoms with van der Waals surface area (Å²) in [6.07, 6.45) is 3.66. The quantitative estimate of drug-likeness (QED) is 0.697. The Balaban J connectivity index is 1.75. The van der Waals surface area contributed by atoms with Gasteiger partial charge in [-0.2, -0.15) is 0 Å². The zero-order valence-corrected chi connectivity index (χ0v) is 12.5. The van der Waals surface area contributed by atoms with Crippen LogP contribution in [0.4, 0.5) is 0 Å². The minimum Gasteiger partial charge on any atom is -0.453 e. The van der Waals surface area contributed by atoms with Crippen molar-refractivity contribution in [2.45, 2.75) is 26.7 Å². The third kappa shape index (κ3) is 3.16. The van der Waals surface area contributed by atoms with Crippen LogP contribution in [0.3, 0.4) is 0 Å². The zero-order chi connectivity index (χ0) is 14.7. The highest BCUT2D eigenvalue weighted by molar-refractivity contribution is 5.82. The van der Waals surface area contributed by atoms with Crippen molar-refractivity contribution >= 4 is 11.0 Å².